The van der Waals surface area contributed by atoms with Gasteiger partial charge in [-0.25, -0.2) is 4.79 Å². The largest absolute Gasteiger partial charge is 0.618 e. The lowest BCUT2D eigenvalue weighted by Gasteiger charge is -2.11. The van der Waals surface area contributed by atoms with Gasteiger partial charge in [0.05, 0.1) is 7.11 Å². The smallest absolute Gasteiger partial charge is 0.353 e. The zero-order valence-electron chi connectivity index (χ0n) is 9.32. The van der Waals surface area contributed by atoms with Crippen LogP contribution < -0.4 is 9.47 Å². The molecule has 0 aliphatic rings. The molecule has 0 saturated heterocycles. The van der Waals surface area contributed by atoms with Crippen LogP contribution in [0, 0.1) is 5.21 Å². The molecular formula is C8H11NO7P2. The van der Waals surface area contributed by atoms with Crippen LogP contribution in [0.4, 0.5) is 0 Å². The number of aromatic nitrogens is 1. The molecule has 100 valence electrons. The number of carbonyl (C=O) groups excluding carboxylic acids is 1. The fraction of sp³-hybridized carbons (Fsp3) is 0.250. The van der Waals surface area contributed by atoms with Crippen LogP contribution in [-0.2, 0) is 24.8 Å². The highest BCUT2D eigenvalue weighted by Crippen LogP contribution is 2.23. The molecule has 1 rings (SSSR count). The fourth-order valence-corrected chi connectivity index (χ4v) is 1.73. The normalized spacial score (nSPS) is 11.4. The van der Waals surface area contributed by atoms with E-state index in [1.807, 2.05) is 0 Å². The Morgan fingerprint density at radius 3 is 2.72 bits per heavy atom. The molecule has 0 fully saturated rings. The van der Waals surface area contributed by atoms with Crippen LogP contribution in [0.3, 0.4) is 0 Å². The summed E-state index contributed by atoms with van der Waals surface area (Å²) in [6.45, 7) is -0.335. The van der Waals surface area contributed by atoms with Gasteiger partial charge < -0.3 is 19.0 Å². The Labute approximate surface area is 105 Å². The van der Waals surface area contributed by atoms with Crippen molar-refractivity contribution in [1.29, 1.82) is 0 Å². The average Bonchev–Trinajstić information content (AvgIpc) is 2.37. The summed E-state index contributed by atoms with van der Waals surface area (Å²) >= 11 is 0. The van der Waals surface area contributed by atoms with Crippen molar-refractivity contribution in [3.63, 3.8) is 0 Å². The zero-order chi connectivity index (χ0) is 13.5. The van der Waals surface area contributed by atoms with E-state index in [-0.39, 0.29) is 23.6 Å². The van der Waals surface area contributed by atoms with E-state index in [9.17, 15) is 19.1 Å². The fourth-order valence-electron chi connectivity index (χ4n) is 1.30. The Hall–Kier alpha value is -1.36. The summed E-state index contributed by atoms with van der Waals surface area (Å²) in [5, 5.41) is 11.5. The molecule has 8 nitrogen and oxygen atoms in total. The predicted molar refractivity (Wildman–Crippen MR) is 63.0 cm³/mol. The summed E-state index contributed by atoms with van der Waals surface area (Å²) in [5.41, 5.74) is -0.304. The van der Waals surface area contributed by atoms with Gasteiger partial charge in [-0.3, -0.25) is 9.13 Å². The lowest BCUT2D eigenvalue weighted by molar-refractivity contribution is -0.616. The summed E-state index contributed by atoms with van der Waals surface area (Å²) < 4.78 is 35.0. The second-order valence-corrected chi connectivity index (χ2v) is 3.89. The van der Waals surface area contributed by atoms with Crippen LogP contribution in [0.25, 0.3) is 0 Å². The van der Waals surface area contributed by atoms with Gasteiger partial charge in [0, 0.05) is 6.07 Å². The van der Waals surface area contributed by atoms with Gasteiger partial charge in [-0.1, -0.05) is 0 Å². The first-order valence-corrected chi connectivity index (χ1v) is 6.53. The molecule has 1 aromatic heterocycles. The number of ether oxygens (including phenoxy) is 1. The molecule has 0 amide bonds. The number of nitrogens with zero attached hydrogens (tertiary/aromatic N) is 1. The maximum absolute atomic E-state index is 11.6. The van der Waals surface area contributed by atoms with Crippen molar-refractivity contribution in [2.24, 2.45) is 0 Å². The Balaban J connectivity index is 3.30. The van der Waals surface area contributed by atoms with E-state index in [2.05, 4.69) is 9.05 Å². The van der Waals surface area contributed by atoms with Crippen molar-refractivity contribution in [1.82, 2.24) is 0 Å². The van der Waals surface area contributed by atoms with Crippen LogP contribution in [-0.4, -0.2) is 13.1 Å². The highest BCUT2D eigenvalue weighted by atomic mass is 31.1. The Morgan fingerprint density at radius 2 is 2.17 bits per heavy atom. The molecule has 1 heterocycles. The van der Waals surface area contributed by atoms with Gasteiger partial charge in [0.2, 0.25) is 14.4 Å². The molecule has 0 radical (unpaired) electrons. The summed E-state index contributed by atoms with van der Waals surface area (Å²) in [4.78, 5) is 11.6. The second kappa shape index (κ2) is 7.16. The third-order valence-electron chi connectivity index (χ3n) is 2.03. The first-order valence-electron chi connectivity index (χ1n) is 4.64. The molecule has 0 aliphatic carbocycles. The van der Waals surface area contributed by atoms with Gasteiger partial charge in [-0.2, -0.15) is 4.73 Å². The van der Waals surface area contributed by atoms with E-state index in [0.717, 1.165) is 6.20 Å². The molecule has 18 heavy (non-hydrogen) atoms. The topological polar surface area (TPSA) is 106 Å². The van der Waals surface area contributed by atoms with Crippen LogP contribution in [0.2, 0.25) is 0 Å². The highest BCUT2D eigenvalue weighted by molar-refractivity contribution is 7.18. The van der Waals surface area contributed by atoms with Crippen molar-refractivity contribution in [3.05, 3.63) is 28.7 Å². The number of hydrogen-bond acceptors (Lipinski definition) is 7. The predicted octanol–water partition coefficient (Wildman–Crippen LogP) is 0.345. The molecule has 10 heteroatoms. The molecule has 2 unspecified atom stereocenters. The minimum Gasteiger partial charge on any atom is -0.618 e. The van der Waals surface area contributed by atoms with E-state index < -0.39 is 23.3 Å². The van der Waals surface area contributed by atoms with E-state index in [1.54, 1.807) is 0 Å². The first-order chi connectivity index (χ1) is 8.65. The Morgan fingerprint density at radius 1 is 1.44 bits per heavy atom. The van der Waals surface area contributed by atoms with E-state index in [4.69, 9.17) is 4.74 Å². The van der Waals surface area contributed by atoms with Crippen molar-refractivity contribution in [3.8, 4) is 5.75 Å². The van der Waals surface area contributed by atoms with Crippen molar-refractivity contribution >= 4 is 23.3 Å². The lowest BCUT2D eigenvalue weighted by Crippen LogP contribution is -2.34. The Kier molecular flexibility index (Phi) is 5.85. The molecule has 0 aromatic carbocycles. The molecule has 0 spiro atoms. The number of pyridine rings is 1. The lowest BCUT2D eigenvalue weighted by atomic mass is 10.2. The first kappa shape index (κ1) is 14.7. The third-order valence-corrected chi connectivity index (χ3v) is 2.64. The highest BCUT2D eigenvalue weighted by Gasteiger charge is 2.26. The third kappa shape index (κ3) is 3.32. The molecule has 0 N–H and O–H groups in total. The molecule has 0 aliphatic heterocycles. The summed E-state index contributed by atoms with van der Waals surface area (Å²) in [6.07, 6.45) is 1.11. The van der Waals surface area contributed by atoms with Gasteiger partial charge in [0.1, 0.15) is 12.4 Å². The monoisotopic (exact) mass is 295 g/mol. The maximum atomic E-state index is 11.6. The van der Waals surface area contributed by atoms with Gasteiger partial charge in [-0.15, -0.1) is 0 Å². The minimum absolute atomic E-state index is 0.0828. The standard InChI is InChI=1S/C8H11NO7P2/c1-14-6-2-3-9(11)5(4-15-17-12)7(6)8(10)16-18-13/h2-3H,4,17-18H2,1H3. The van der Waals surface area contributed by atoms with Crippen molar-refractivity contribution in [2.45, 2.75) is 6.61 Å². The van der Waals surface area contributed by atoms with E-state index >= 15 is 0 Å². The molecule has 0 saturated carbocycles. The van der Waals surface area contributed by atoms with Gasteiger partial charge in [0.15, 0.2) is 20.4 Å². The van der Waals surface area contributed by atoms with Gasteiger partial charge in [-0.05, 0) is 0 Å². The molecule has 0 bridgehead atoms. The van der Waals surface area contributed by atoms with E-state index in [1.165, 1.54) is 13.2 Å². The summed E-state index contributed by atoms with van der Waals surface area (Å²) in [5.74, 6) is -0.874. The number of rotatable bonds is 6. The van der Waals surface area contributed by atoms with Gasteiger partial charge in [0.25, 0.3) is 0 Å². The SMILES string of the molecule is COc1cc[n+]([O-])c(CO[PH2]=O)c1C(=O)O[PH2]=O. The number of carbonyl (C=O) groups is 1. The van der Waals surface area contributed by atoms with Gasteiger partial charge >= 0.3 is 5.97 Å². The van der Waals surface area contributed by atoms with Crippen LogP contribution in [0.5, 0.6) is 5.75 Å². The van der Waals surface area contributed by atoms with Crippen LogP contribution >= 0.6 is 17.4 Å². The number of hydrogen-bond donors (Lipinski definition) is 0. The molecule has 1 aromatic rings. The second-order valence-electron chi connectivity index (χ2n) is 2.94. The van der Waals surface area contributed by atoms with Crippen LogP contribution in [0.15, 0.2) is 12.3 Å². The average molecular weight is 295 g/mol. The van der Waals surface area contributed by atoms with Crippen LogP contribution in [0.1, 0.15) is 16.1 Å². The van der Waals surface area contributed by atoms with Crippen molar-refractivity contribution < 1.29 is 32.4 Å². The minimum atomic E-state index is -1.76. The summed E-state index contributed by atoms with van der Waals surface area (Å²) in [6, 6.07) is 1.26. The summed E-state index contributed by atoms with van der Waals surface area (Å²) in [7, 11) is -1.98. The quantitative estimate of drug-likeness (QED) is 0.423. The zero-order valence-corrected chi connectivity index (χ0v) is 11.6. The Bertz CT molecular complexity index is 479. The molecule has 2 atom stereocenters. The van der Waals surface area contributed by atoms with E-state index in [0.29, 0.717) is 4.73 Å². The van der Waals surface area contributed by atoms with Crippen molar-refractivity contribution in [2.75, 3.05) is 7.11 Å². The number of methoxy groups -OCH3 is 1. The maximum Gasteiger partial charge on any atom is 0.353 e. The molecular weight excluding hydrogens is 284 g/mol.